The summed E-state index contributed by atoms with van der Waals surface area (Å²) in [6.45, 7) is 3.24. The molecule has 1 atom stereocenters. The first kappa shape index (κ1) is 20.3. The van der Waals surface area contributed by atoms with Crippen LogP contribution in [0.3, 0.4) is 0 Å². The molecule has 0 saturated carbocycles. The minimum absolute atomic E-state index is 0.334. The molecule has 30 heavy (non-hydrogen) atoms. The number of hydrogen-bond acceptors (Lipinski definition) is 7. The van der Waals surface area contributed by atoms with Gasteiger partial charge in [0.2, 0.25) is 11.0 Å². The van der Waals surface area contributed by atoms with Gasteiger partial charge < -0.3 is 5.32 Å². The highest BCUT2D eigenvalue weighted by molar-refractivity contribution is 8.01. The van der Waals surface area contributed by atoms with Gasteiger partial charge in [-0.05, 0) is 35.1 Å². The van der Waals surface area contributed by atoms with E-state index in [9.17, 15) is 14.4 Å². The molecule has 1 fully saturated rings. The molecule has 0 bridgehead atoms. The Kier molecular flexibility index (Phi) is 5.44. The van der Waals surface area contributed by atoms with Gasteiger partial charge in [0, 0.05) is 0 Å². The molecule has 1 saturated heterocycles. The predicted octanol–water partition coefficient (Wildman–Crippen LogP) is 3.21. The quantitative estimate of drug-likeness (QED) is 0.346. The van der Waals surface area contributed by atoms with Crippen LogP contribution in [0.25, 0.3) is 10.8 Å². The first-order valence-corrected chi connectivity index (χ1v) is 11.1. The van der Waals surface area contributed by atoms with Gasteiger partial charge in [-0.25, -0.2) is 4.79 Å². The van der Waals surface area contributed by atoms with Gasteiger partial charge in [0.25, 0.3) is 5.91 Å². The third-order valence-electron chi connectivity index (χ3n) is 4.82. The van der Waals surface area contributed by atoms with Gasteiger partial charge in [0.15, 0.2) is 4.34 Å². The molecule has 3 aromatic rings. The lowest BCUT2D eigenvalue weighted by Gasteiger charge is -2.22. The molecule has 1 aliphatic heterocycles. The summed E-state index contributed by atoms with van der Waals surface area (Å²) in [6, 6.07) is 12.8. The Morgan fingerprint density at radius 2 is 1.97 bits per heavy atom. The van der Waals surface area contributed by atoms with Gasteiger partial charge in [0.1, 0.15) is 12.1 Å². The van der Waals surface area contributed by atoms with E-state index in [1.807, 2.05) is 49.4 Å². The molecule has 4 amide bonds. The van der Waals surface area contributed by atoms with Crippen LogP contribution in [0.15, 0.2) is 46.8 Å². The first-order valence-electron chi connectivity index (χ1n) is 9.30. The second kappa shape index (κ2) is 8.04. The van der Waals surface area contributed by atoms with E-state index in [-0.39, 0.29) is 0 Å². The fourth-order valence-corrected chi connectivity index (χ4v) is 4.95. The molecule has 0 radical (unpaired) electrons. The summed E-state index contributed by atoms with van der Waals surface area (Å²) in [5, 5.41) is 15.5. The Morgan fingerprint density at radius 3 is 2.73 bits per heavy atom. The summed E-state index contributed by atoms with van der Waals surface area (Å²) in [6.07, 6.45) is 0. The topological polar surface area (TPSA) is 104 Å². The highest BCUT2D eigenvalue weighted by Gasteiger charge is 2.49. The van der Waals surface area contributed by atoms with Crippen LogP contribution in [0, 0.1) is 0 Å². The third kappa shape index (κ3) is 3.75. The molecule has 2 aromatic carbocycles. The molecule has 4 rings (SSSR count). The minimum atomic E-state index is -1.24. The Hall–Kier alpha value is -2.98. The molecular formula is C20H19N5O3S2. The molecule has 154 valence electrons. The molecule has 1 aliphatic rings. The molecular weight excluding hydrogens is 422 g/mol. The molecule has 8 nitrogen and oxygen atoms in total. The zero-order valence-electron chi connectivity index (χ0n) is 16.3. The summed E-state index contributed by atoms with van der Waals surface area (Å²) in [5.41, 5.74) is -0.581. The number of fused-ring (bicyclic) bond motifs is 1. The normalized spacial score (nSPS) is 18.7. The summed E-state index contributed by atoms with van der Waals surface area (Å²) < 4.78 is 0.742. The fourth-order valence-electron chi connectivity index (χ4n) is 3.28. The van der Waals surface area contributed by atoms with Crippen molar-refractivity contribution in [2.45, 2.75) is 23.7 Å². The van der Waals surface area contributed by atoms with E-state index in [4.69, 9.17) is 0 Å². The number of hydrogen-bond donors (Lipinski definition) is 2. The van der Waals surface area contributed by atoms with Crippen LogP contribution in [-0.2, 0) is 15.1 Å². The Bertz CT molecular complexity index is 1150. The standard InChI is InChI=1S/C20H19N5O3S2/c1-3-29-19-24-23-17(30-19)21-15(26)11-25-16(27)20(2,22-18(25)28)14-9-8-12-6-4-5-7-13(12)10-14/h4-10H,3,11H2,1-2H3,(H,22,28)(H,21,23,26)/t20-/m0/s1. The number of carbonyl (C=O) groups excluding carboxylic acids is 3. The molecule has 0 aliphatic carbocycles. The van der Waals surface area contributed by atoms with E-state index in [2.05, 4.69) is 20.8 Å². The minimum Gasteiger partial charge on any atom is -0.319 e. The lowest BCUT2D eigenvalue weighted by molar-refractivity contribution is -0.133. The van der Waals surface area contributed by atoms with Gasteiger partial charge in [-0.2, -0.15) is 0 Å². The number of aromatic nitrogens is 2. The number of nitrogens with one attached hydrogen (secondary N) is 2. The Balaban J connectivity index is 1.50. The maximum atomic E-state index is 13.1. The van der Waals surface area contributed by atoms with E-state index >= 15 is 0 Å². The largest absolute Gasteiger partial charge is 0.325 e. The highest BCUT2D eigenvalue weighted by atomic mass is 32.2. The van der Waals surface area contributed by atoms with Crippen LogP contribution < -0.4 is 10.6 Å². The second-order valence-corrected chi connectivity index (χ2v) is 9.35. The van der Waals surface area contributed by atoms with Crippen LogP contribution in [0.5, 0.6) is 0 Å². The van der Waals surface area contributed by atoms with E-state index < -0.39 is 29.9 Å². The van der Waals surface area contributed by atoms with Crippen molar-refractivity contribution < 1.29 is 14.4 Å². The number of benzene rings is 2. The fraction of sp³-hybridized carbons (Fsp3) is 0.250. The van der Waals surface area contributed by atoms with Crippen LogP contribution in [0.1, 0.15) is 19.4 Å². The van der Waals surface area contributed by atoms with Gasteiger partial charge in [-0.15, -0.1) is 10.2 Å². The zero-order valence-corrected chi connectivity index (χ0v) is 18.0. The van der Waals surface area contributed by atoms with Crippen LogP contribution in [0.4, 0.5) is 9.93 Å². The molecule has 0 unspecified atom stereocenters. The first-order chi connectivity index (χ1) is 14.4. The number of thioether (sulfide) groups is 1. The van der Waals surface area contributed by atoms with Crippen molar-refractivity contribution in [1.29, 1.82) is 0 Å². The summed E-state index contributed by atoms with van der Waals surface area (Å²) in [5.74, 6) is -0.138. The lowest BCUT2D eigenvalue weighted by atomic mass is 9.90. The van der Waals surface area contributed by atoms with E-state index in [0.29, 0.717) is 10.7 Å². The number of imide groups is 1. The van der Waals surface area contributed by atoms with Crippen molar-refractivity contribution in [2.75, 3.05) is 17.6 Å². The molecule has 0 spiro atoms. The average Bonchev–Trinajstić information content (AvgIpc) is 3.25. The molecule has 10 heteroatoms. The number of amides is 4. The number of anilines is 1. The zero-order chi connectivity index (χ0) is 21.3. The maximum Gasteiger partial charge on any atom is 0.325 e. The van der Waals surface area contributed by atoms with E-state index in [1.165, 1.54) is 23.1 Å². The smallest absolute Gasteiger partial charge is 0.319 e. The van der Waals surface area contributed by atoms with Crippen molar-refractivity contribution in [2.24, 2.45) is 0 Å². The maximum absolute atomic E-state index is 13.1. The molecule has 1 aromatic heterocycles. The Labute approximate surface area is 181 Å². The van der Waals surface area contributed by atoms with Crippen molar-refractivity contribution in [3.8, 4) is 0 Å². The van der Waals surface area contributed by atoms with Crippen LogP contribution >= 0.6 is 23.1 Å². The second-order valence-electron chi connectivity index (χ2n) is 6.86. The monoisotopic (exact) mass is 441 g/mol. The van der Waals surface area contributed by atoms with Gasteiger partial charge >= 0.3 is 6.03 Å². The number of carbonyl (C=O) groups is 3. The van der Waals surface area contributed by atoms with E-state index in [0.717, 1.165) is 25.8 Å². The third-order valence-corrected chi connectivity index (χ3v) is 6.68. The van der Waals surface area contributed by atoms with Gasteiger partial charge in [-0.3, -0.25) is 19.8 Å². The number of urea groups is 1. The summed E-state index contributed by atoms with van der Waals surface area (Å²) in [4.78, 5) is 38.9. The van der Waals surface area contributed by atoms with Crippen LogP contribution in [-0.4, -0.2) is 45.2 Å². The van der Waals surface area contributed by atoms with Crippen molar-refractivity contribution in [1.82, 2.24) is 20.4 Å². The molecule has 2 N–H and O–H groups in total. The summed E-state index contributed by atoms with van der Waals surface area (Å²) in [7, 11) is 0. The summed E-state index contributed by atoms with van der Waals surface area (Å²) >= 11 is 2.77. The van der Waals surface area contributed by atoms with E-state index in [1.54, 1.807) is 6.92 Å². The van der Waals surface area contributed by atoms with Crippen molar-refractivity contribution in [3.05, 3.63) is 48.0 Å². The lowest BCUT2D eigenvalue weighted by Crippen LogP contribution is -2.42. The van der Waals surface area contributed by atoms with Crippen molar-refractivity contribution >= 4 is 56.8 Å². The number of rotatable bonds is 6. The predicted molar refractivity (Wildman–Crippen MR) is 116 cm³/mol. The number of nitrogens with zero attached hydrogens (tertiary/aromatic N) is 3. The van der Waals surface area contributed by atoms with Crippen molar-refractivity contribution in [3.63, 3.8) is 0 Å². The highest BCUT2D eigenvalue weighted by Crippen LogP contribution is 2.31. The Morgan fingerprint density at radius 1 is 1.20 bits per heavy atom. The average molecular weight is 442 g/mol. The van der Waals surface area contributed by atoms with Gasteiger partial charge in [0.05, 0.1) is 0 Å². The van der Waals surface area contributed by atoms with Crippen LogP contribution in [0.2, 0.25) is 0 Å². The molecule has 2 heterocycles. The SMILES string of the molecule is CCSc1nnc(NC(=O)CN2C(=O)N[C@@](C)(c3ccc4ccccc4c3)C2=O)s1. The van der Waals surface area contributed by atoms with Gasteiger partial charge in [-0.1, -0.05) is 66.4 Å².